The molecule has 2 heteroatoms. The number of hydrogen-bond donors (Lipinski definition) is 0. The van der Waals surface area contributed by atoms with Crippen molar-refractivity contribution in [2.75, 3.05) is 5.88 Å². The van der Waals surface area contributed by atoms with Gasteiger partial charge in [0.25, 0.3) is 0 Å². The van der Waals surface area contributed by atoms with Gasteiger partial charge in [-0.1, -0.05) is 61.8 Å². The molecule has 2 rings (SSSR count). The molecule has 0 saturated carbocycles. The molecule has 112 valence electrons. The molecule has 0 spiro atoms. The molecule has 0 aliphatic rings. The molecule has 1 atom stereocenters. The summed E-state index contributed by atoms with van der Waals surface area (Å²) in [6.07, 6.45) is 1.98. The van der Waals surface area contributed by atoms with Crippen molar-refractivity contribution in [1.82, 2.24) is 0 Å². The number of hydrogen-bond acceptors (Lipinski definition) is 0. The normalized spacial score (nSPS) is 12.6. The quantitative estimate of drug-likeness (QED) is 0.564. The zero-order valence-corrected chi connectivity index (χ0v) is 14.2. The summed E-state index contributed by atoms with van der Waals surface area (Å²) in [5.74, 6) is 1.68. The van der Waals surface area contributed by atoms with E-state index in [4.69, 9.17) is 23.2 Å². The molecule has 1 unspecified atom stereocenters. The fraction of sp³-hybridized carbons (Fsp3) is 0.368. The number of benzene rings is 2. The highest BCUT2D eigenvalue weighted by atomic mass is 35.5. The maximum absolute atomic E-state index is 6.16. The summed E-state index contributed by atoms with van der Waals surface area (Å²) in [6, 6.07) is 17.0. The molecule has 21 heavy (non-hydrogen) atoms. The summed E-state index contributed by atoms with van der Waals surface area (Å²) in [6.45, 7) is 4.44. The van der Waals surface area contributed by atoms with Gasteiger partial charge in [0.2, 0.25) is 0 Å². The summed E-state index contributed by atoms with van der Waals surface area (Å²) in [4.78, 5) is 0. The lowest BCUT2D eigenvalue weighted by Gasteiger charge is -2.15. The molecule has 0 amide bonds. The Bertz CT molecular complexity index is 558. The summed E-state index contributed by atoms with van der Waals surface area (Å²) >= 11 is 12.2. The predicted octanol–water partition coefficient (Wildman–Crippen LogP) is 6.10. The molecular weight excluding hydrogens is 299 g/mol. The van der Waals surface area contributed by atoms with Crippen LogP contribution in [0.3, 0.4) is 0 Å². The van der Waals surface area contributed by atoms with E-state index in [9.17, 15) is 0 Å². The van der Waals surface area contributed by atoms with Crippen LogP contribution in [-0.2, 0) is 12.8 Å². The van der Waals surface area contributed by atoms with Crippen LogP contribution in [-0.4, -0.2) is 5.88 Å². The molecule has 0 fully saturated rings. The average molecular weight is 321 g/mol. The van der Waals surface area contributed by atoms with Gasteiger partial charge in [-0.2, -0.15) is 0 Å². The van der Waals surface area contributed by atoms with Crippen molar-refractivity contribution in [2.24, 2.45) is 5.92 Å². The molecule has 0 aliphatic carbocycles. The molecule has 2 aromatic carbocycles. The van der Waals surface area contributed by atoms with Crippen molar-refractivity contribution >= 4 is 23.2 Å². The van der Waals surface area contributed by atoms with Gasteiger partial charge >= 0.3 is 0 Å². The lowest BCUT2D eigenvalue weighted by atomic mass is 9.93. The van der Waals surface area contributed by atoms with E-state index in [-0.39, 0.29) is 0 Å². The van der Waals surface area contributed by atoms with Gasteiger partial charge in [-0.15, -0.1) is 11.6 Å². The van der Waals surface area contributed by atoms with Gasteiger partial charge in [-0.05, 0) is 53.5 Å². The van der Waals surface area contributed by atoms with Crippen molar-refractivity contribution in [3.63, 3.8) is 0 Å². The Morgan fingerprint density at radius 2 is 1.57 bits per heavy atom. The largest absolute Gasteiger partial charge is 0.126 e. The standard InChI is InChI=1S/C19H22Cl2/c1-14(2)18-8-6-15(7-9-18)10-17(13-20)11-16-4-3-5-19(21)12-16/h3-9,12,14,17H,10-11,13H2,1-2H3. The van der Waals surface area contributed by atoms with E-state index in [0.29, 0.717) is 17.7 Å². The minimum absolute atomic E-state index is 0.440. The third-order valence-electron chi connectivity index (χ3n) is 3.80. The lowest BCUT2D eigenvalue weighted by Crippen LogP contribution is -2.10. The van der Waals surface area contributed by atoms with Crippen LogP contribution < -0.4 is 0 Å². The molecule has 2 aromatic rings. The molecule has 0 aromatic heterocycles. The zero-order valence-electron chi connectivity index (χ0n) is 12.7. The summed E-state index contributed by atoms with van der Waals surface area (Å²) in [7, 11) is 0. The van der Waals surface area contributed by atoms with Gasteiger partial charge in [0.05, 0.1) is 0 Å². The Morgan fingerprint density at radius 3 is 2.14 bits per heavy atom. The molecule has 0 N–H and O–H groups in total. The second-order valence-electron chi connectivity index (χ2n) is 5.95. The molecule has 0 heterocycles. The van der Waals surface area contributed by atoms with Gasteiger partial charge in [0, 0.05) is 10.9 Å². The summed E-state index contributed by atoms with van der Waals surface area (Å²) in [5, 5.41) is 0.794. The topological polar surface area (TPSA) is 0 Å². The Hall–Kier alpha value is -0.980. The first-order chi connectivity index (χ1) is 10.1. The average Bonchev–Trinajstić information content (AvgIpc) is 2.47. The first kappa shape index (κ1) is 16.4. The van der Waals surface area contributed by atoms with Crippen LogP contribution in [0.5, 0.6) is 0 Å². The molecule has 0 nitrogen and oxygen atoms in total. The van der Waals surface area contributed by atoms with Gasteiger partial charge in [-0.25, -0.2) is 0 Å². The first-order valence-electron chi connectivity index (χ1n) is 7.47. The van der Waals surface area contributed by atoms with Crippen molar-refractivity contribution in [3.05, 3.63) is 70.2 Å². The minimum Gasteiger partial charge on any atom is -0.126 e. The maximum Gasteiger partial charge on any atom is 0.0408 e. The monoisotopic (exact) mass is 320 g/mol. The fourth-order valence-corrected chi connectivity index (χ4v) is 2.98. The molecule has 0 saturated heterocycles. The summed E-state index contributed by atoms with van der Waals surface area (Å²) < 4.78 is 0. The van der Waals surface area contributed by atoms with Crippen molar-refractivity contribution in [2.45, 2.75) is 32.6 Å². The number of rotatable bonds is 6. The Morgan fingerprint density at radius 1 is 0.905 bits per heavy atom. The van der Waals surface area contributed by atoms with E-state index in [2.05, 4.69) is 44.2 Å². The third kappa shape index (κ3) is 5.05. The van der Waals surface area contributed by atoms with E-state index in [1.165, 1.54) is 16.7 Å². The minimum atomic E-state index is 0.440. The van der Waals surface area contributed by atoms with Crippen LogP contribution in [0.2, 0.25) is 5.02 Å². The Labute approximate surface area is 138 Å². The van der Waals surface area contributed by atoms with E-state index in [0.717, 1.165) is 17.9 Å². The van der Waals surface area contributed by atoms with Crippen LogP contribution >= 0.6 is 23.2 Å². The van der Waals surface area contributed by atoms with Crippen LogP contribution in [0.15, 0.2) is 48.5 Å². The van der Waals surface area contributed by atoms with E-state index in [1.807, 2.05) is 18.2 Å². The Balaban J connectivity index is 2.01. The van der Waals surface area contributed by atoms with E-state index < -0.39 is 0 Å². The second-order valence-corrected chi connectivity index (χ2v) is 6.70. The SMILES string of the molecule is CC(C)c1ccc(CC(CCl)Cc2cccc(Cl)c2)cc1. The van der Waals surface area contributed by atoms with Crippen molar-refractivity contribution in [1.29, 1.82) is 0 Å². The highest BCUT2D eigenvalue weighted by Gasteiger charge is 2.10. The third-order valence-corrected chi connectivity index (χ3v) is 4.47. The molecule has 0 radical (unpaired) electrons. The highest BCUT2D eigenvalue weighted by molar-refractivity contribution is 6.30. The van der Waals surface area contributed by atoms with Crippen LogP contribution in [0.4, 0.5) is 0 Å². The van der Waals surface area contributed by atoms with Crippen LogP contribution in [0.1, 0.15) is 36.5 Å². The van der Waals surface area contributed by atoms with Gasteiger partial charge in [0.1, 0.15) is 0 Å². The zero-order chi connectivity index (χ0) is 15.2. The van der Waals surface area contributed by atoms with Gasteiger partial charge < -0.3 is 0 Å². The smallest absolute Gasteiger partial charge is 0.0408 e. The van der Waals surface area contributed by atoms with Crippen molar-refractivity contribution in [3.8, 4) is 0 Å². The summed E-state index contributed by atoms with van der Waals surface area (Å²) in [5.41, 5.74) is 4.00. The van der Waals surface area contributed by atoms with Crippen LogP contribution in [0.25, 0.3) is 0 Å². The second kappa shape index (κ2) is 7.87. The van der Waals surface area contributed by atoms with Gasteiger partial charge in [0.15, 0.2) is 0 Å². The fourth-order valence-electron chi connectivity index (χ4n) is 2.55. The molecule has 0 bridgehead atoms. The van der Waals surface area contributed by atoms with Gasteiger partial charge in [-0.3, -0.25) is 0 Å². The van der Waals surface area contributed by atoms with Crippen molar-refractivity contribution < 1.29 is 0 Å². The molecular formula is C19H22Cl2. The Kier molecular flexibility index (Phi) is 6.14. The lowest BCUT2D eigenvalue weighted by molar-refractivity contribution is 0.584. The highest BCUT2D eigenvalue weighted by Crippen LogP contribution is 2.20. The molecule has 0 aliphatic heterocycles. The number of halogens is 2. The predicted molar refractivity (Wildman–Crippen MR) is 93.6 cm³/mol. The van der Waals surface area contributed by atoms with E-state index in [1.54, 1.807) is 0 Å². The van der Waals surface area contributed by atoms with E-state index >= 15 is 0 Å². The maximum atomic E-state index is 6.16. The van der Waals surface area contributed by atoms with Crippen LogP contribution in [0, 0.1) is 5.92 Å². The first-order valence-corrected chi connectivity index (χ1v) is 8.39. The number of alkyl halides is 1.